The molecule has 1 aliphatic rings. The number of aromatic amines is 1. The molecule has 1 saturated heterocycles. The fraction of sp³-hybridized carbons (Fsp3) is 0.528. The number of aromatic nitrogens is 1. The Morgan fingerprint density at radius 2 is 1.10 bits per heavy atom. The van der Waals surface area contributed by atoms with Gasteiger partial charge in [0.2, 0.25) is 47.3 Å². The van der Waals surface area contributed by atoms with E-state index in [4.69, 9.17) is 17.2 Å². The van der Waals surface area contributed by atoms with Gasteiger partial charge in [-0.05, 0) is 87.6 Å². The maximum Gasteiger partial charge on any atom is 0.326 e. The number of carbonyl (C=O) groups is 11. The predicted octanol–water partition coefficient (Wildman–Crippen LogP) is -2.39. The second-order valence-electron chi connectivity index (χ2n) is 19.9. The lowest BCUT2D eigenvalue weighted by atomic mass is 10.0. The van der Waals surface area contributed by atoms with Gasteiger partial charge in [0.05, 0.1) is 25.5 Å². The first kappa shape index (κ1) is 64.5. The summed E-state index contributed by atoms with van der Waals surface area (Å²) in [6.45, 7) is 2.68. The van der Waals surface area contributed by atoms with Gasteiger partial charge in [0.25, 0.3) is 0 Å². The van der Waals surface area contributed by atoms with E-state index in [-0.39, 0.29) is 70.5 Å². The Morgan fingerprint density at radius 3 is 1.66 bits per heavy atom. The summed E-state index contributed by atoms with van der Waals surface area (Å²) < 4.78 is 0. The van der Waals surface area contributed by atoms with E-state index in [1.165, 1.54) is 0 Å². The SMILES string of the molecule is CC(C)[C@H](N)C(=O)N[C@@H](CC(=O)O)C(=O)N1CCC[C@H]1C(=O)N[C@@H](Cc1ccccc1)C(=O)N[C@@H](CO)C(=O)N[C@@H](CCCCN)C(=O)N[C@@H](CCCCN)C(=O)N[C@@H](CC(=O)O)C(=O)N[C@@H](Cc1c[nH]c2ccccc12)C(=O)O. The minimum absolute atomic E-state index is 0.00557. The Kier molecular flexibility index (Phi) is 25.9. The summed E-state index contributed by atoms with van der Waals surface area (Å²) in [5.74, 6) is -12.3. The number of aliphatic hydroxyl groups excluding tert-OH is 1. The first-order valence-electron chi connectivity index (χ1n) is 26.5. The van der Waals surface area contributed by atoms with Gasteiger partial charge in [-0.1, -0.05) is 62.4 Å². The van der Waals surface area contributed by atoms with E-state index >= 15 is 0 Å². The minimum Gasteiger partial charge on any atom is -0.481 e. The summed E-state index contributed by atoms with van der Waals surface area (Å²) in [7, 11) is 0. The molecule has 4 rings (SSSR count). The predicted molar refractivity (Wildman–Crippen MR) is 288 cm³/mol. The number of hydrogen-bond donors (Lipinski definition) is 15. The highest BCUT2D eigenvalue weighted by Crippen LogP contribution is 2.22. The fourth-order valence-corrected chi connectivity index (χ4v) is 8.96. The zero-order chi connectivity index (χ0) is 59.1. The number of benzene rings is 2. The van der Waals surface area contributed by atoms with Crippen molar-refractivity contribution in [1.29, 1.82) is 0 Å². The van der Waals surface area contributed by atoms with Crippen molar-refractivity contribution in [2.45, 2.75) is 145 Å². The molecular weight excluding hydrogens is 1040 g/mol. The van der Waals surface area contributed by atoms with E-state index in [1.54, 1.807) is 74.6 Å². The van der Waals surface area contributed by atoms with Crippen molar-refractivity contribution < 1.29 is 73.2 Å². The average molecular weight is 1120 g/mol. The molecule has 0 unspecified atom stereocenters. The summed E-state index contributed by atoms with van der Waals surface area (Å²) in [6.07, 6.45) is 0.858. The molecule has 8 amide bonds. The summed E-state index contributed by atoms with van der Waals surface area (Å²) >= 11 is 0. The number of carbonyl (C=O) groups excluding carboxylic acids is 8. The number of amides is 8. The van der Waals surface area contributed by atoms with Crippen molar-refractivity contribution >= 4 is 76.1 Å². The molecule has 27 heteroatoms. The lowest BCUT2D eigenvalue weighted by Crippen LogP contribution is -2.61. The number of fused-ring (bicyclic) bond motifs is 1. The van der Waals surface area contributed by atoms with Crippen LogP contribution in [0.25, 0.3) is 10.9 Å². The Hall–Kier alpha value is -8.01. The first-order chi connectivity index (χ1) is 38.1. The van der Waals surface area contributed by atoms with Crippen molar-refractivity contribution in [3.63, 3.8) is 0 Å². The van der Waals surface area contributed by atoms with Gasteiger partial charge < -0.3 is 84.7 Å². The Morgan fingerprint density at radius 1 is 0.600 bits per heavy atom. The van der Waals surface area contributed by atoms with Crippen molar-refractivity contribution in [2.75, 3.05) is 26.2 Å². The number of para-hydroxylation sites is 1. The van der Waals surface area contributed by atoms with Gasteiger partial charge in [-0.3, -0.25) is 47.9 Å². The normalized spacial score (nSPS) is 16.1. The van der Waals surface area contributed by atoms with Crippen LogP contribution in [-0.2, 0) is 65.6 Å². The smallest absolute Gasteiger partial charge is 0.326 e. The molecule has 80 heavy (non-hydrogen) atoms. The van der Waals surface area contributed by atoms with Crippen LogP contribution in [0.1, 0.15) is 89.2 Å². The topological polar surface area (TPSA) is 450 Å². The highest BCUT2D eigenvalue weighted by molar-refractivity contribution is 5.99. The number of carboxylic acids is 3. The second kappa shape index (κ2) is 32.2. The molecule has 0 aliphatic carbocycles. The standard InChI is InChI=1S/C53H76N12O15/c1-29(2)44(56)51(77)62-38(26-43(69)70)52(78)65-22-12-19-41(65)50(76)61-36(23-30-13-4-3-5-14-30)47(73)64-40(28-66)49(75)59-34(17-8-10-20-54)45(71)58-35(18-9-11-21-55)46(72)60-37(25-42(67)68)48(74)63-39(53(79)80)24-31-27-57-33-16-7-6-15-32(31)33/h3-7,13-16,27,29,34-41,44,57,66H,8-12,17-26,28,54-56H2,1-2H3,(H,58,71)(H,59,75)(H,60,72)(H,61,76)(H,62,77)(H,63,74)(H,64,73)(H,67,68)(H,69,70)(H,79,80)/t34-,35-,36-,37-,38-,39-,40-,41-,44-/m0/s1. The second-order valence-corrected chi connectivity index (χ2v) is 19.9. The van der Waals surface area contributed by atoms with Crippen LogP contribution in [0.2, 0.25) is 0 Å². The molecule has 2 aromatic carbocycles. The zero-order valence-corrected chi connectivity index (χ0v) is 44.8. The van der Waals surface area contributed by atoms with Crippen molar-refractivity contribution in [3.05, 3.63) is 71.9 Å². The third-order valence-corrected chi connectivity index (χ3v) is 13.5. The molecule has 18 N–H and O–H groups in total. The van der Waals surface area contributed by atoms with Gasteiger partial charge >= 0.3 is 17.9 Å². The number of rotatable bonds is 34. The monoisotopic (exact) mass is 1120 g/mol. The number of nitrogens with one attached hydrogen (secondary N) is 8. The molecule has 438 valence electrons. The number of nitrogens with zero attached hydrogens (tertiary/aromatic N) is 1. The minimum atomic E-state index is -1.83. The molecule has 1 aliphatic heterocycles. The van der Waals surface area contributed by atoms with Crippen molar-refractivity contribution in [2.24, 2.45) is 23.1 Å². The van der Waals surface area contributed by atoms with Crippen LogP contribution < -0.4 is 54.4 Å². The van der Waals surface area contributed by atoms with Crippen LogP contribution in [0.3, 0.4) is 0 Å². The fourth-order valence-electron chi connectivity index (χ4n) is 8.96. The van der Waals surface area contributed by atoms with Crippen molar-refractivity contribution in [3.8, 4) is 0 Å². The van der Waals surface area contributed by atoms with Crippen molar-refractivity contribution in [1.82, 2.24) is 47.1 Å². The van der Waals surface area contributed by atoms with E-state index in [9.17, 15) is 73.2 Å². The van der Waals surface area contributed by atoms with E-state index in [2.05, 4.69) is 42.2 Å². The molecule has 0 bridgehead atoms. The molecule has 1 fully saturated rings. The van der Waals surface area contributed by atoms with Crippen LogP contribution >= 0.6 is 0 Å². The van der Waals surface area contributed by atoms with E-state index in [0.717, 1.165) is 4.90 Å². The molecule has 2 heterocycles. The van der Waals surface area contributed by atoms with Crippen LogP contribution in [0.15, 0.2) is 60.8 Å². The molecule has 3 aromatic rings. The molecule has 9 atom stereocenters. The first-order valence-corrected chi connectivity index (χ1v) is 26.5. The summed E-state index contributed by atoms with van der Waals surface area (Å²) in [5.41, 5.74) is 19.2. The van der Waals surface area contributed by atoms with Gasteiger partial charge in [0, 0.05) is 36.5 Å². The molecule has 27 nitrogen and oxygen atoms in total. The zero-order valence-electron chi connectivity index (χ0n) is 44.8. The molecule has 1 aromatic heterocycles. The van der Waals surface area contributed by atoms with Crippen LogP contribution in [-0.4, -0.2) is 176 Å². The molecule has 0 spiro atoms. The Balaban J connectivity index is 1.52. The summed E-state index contributed by atoms with van der Waals surface area (Å²) in [5, 5.41) is 57.8. The van der Waals surface area contributed by atoms with Gasteiger partial charge in [-0.25, -0.2) is 4.79 Å². The Bertz CT molecular complexity index is 2630. The number of aliphatic hydroxyl groups is 1. The quantitative estimate of drug-likeness (QED) is 0.0277. The number of H-pyrrole nitrogens is 1. The van der Waals surface area contributed by atoms with Crippen LogP contribution in [0.5, 0.6) is 0 Å². The van der Waals surface area contributed by atoms with Gasteiger partial charge in [0.15, 0.2) is 0 Å². The number of nitrogens with two attached hydrogens (primary N) is 3. The van der Waals surface area contributed by atoms with E-state index in [1.807, 2.05) is 0 Å². The lowest BCUT2D eigenvalue weighted by molar-refractivity contribution is -0.146. The van der Waals surface area contributed by atoms with Gasteiger partial charge in [-0.2, -0.15) is 0 Å². The summed E-state index contributed by atoms with van der Waals surface area (Å²) in [6, 6.07) is 2.02. The number of likely N-dealkylation sites (tertiary alicyclic amines) is 1. The maximum absolute atomic E-state index is 14.2. The van der Waals surface area contributed by atoms with Crippen LogP contribution in [0.4, 0.5) is 0 Å². The highest BCUT2D eigenvalue weighted by Gasteiger charge is 2.41. The van der Waals surface area contributed by atoms with Gasteiger partial charge in [-0.15, -0.1) is 0 Å². The molecule has 0 radical (unpaired) electrons. The largest absolute Gasteiger partial charge is 0.481 e. The van der Waals surface area contributed by atoms with Crippen LogP contribution in [0, 0.1) is 5.92 Å². The molecular formula is C53H76N12O15. The molecule has 0 saturated carbocycles. The maximum atomic E-state index is 14.2. The summed E-state index contributed by atoms with van der Waals surface area (Å²) in [4.78, 5) is 151. The van der Waals surface area contributed by atoms with E-state index in [0.29, 0.717) is 41.3 Å². The Labute approximate surface area is 461 Å². The average Bonchev–Trinajstić information content (AvgIpc) is 4.13. The number of unbranched alkanes of at least 4 members (excludes halogenated alkanes) is 2. The third kappa shape index (κ3) is 19.7. The third-order valence-electron chi connectivity index (χ3n) is 13.5. The van der Waals surface area contributed by atoms with Gasteiger partial charge in [0.1, 0.15) is 48.3 Å². The lowest BCUT2D eigenvalue weighted by Gasteiger charge is -2.30. The highest BCUT2D eigenvalue weighted by atomic mass is 16.4. The van der Waals surface area contributed by atoms with E-state index < -0.39 is 139 Å². The number of hydrogen-bond acceptors (Lipinski definition) is 15. The number of aliphatic carboxylic acids is 3. The number of carboxylic acid groups (broad SMARTS) is 3.